The molecule has 0 bridgehead atoms. The summed E-state index contributed by atoms with van der Waals surface area (Å²) in [7, 11) is 3.01. The van der Waals surface area contributed by atoms with Gasteiger partial charge in [-0.15, -0.1) is 0 Å². The maximum atomic E-state index is 15.7. The summed E-state index contributed by atoms with van der Waals surface area (Å²) in [6.45, 7) is 2.75. The molecule has 38 heavy (non-hydrogen) atoms. The van der Waals surface area contributed by atoms with E-state index in [4.69, 9.17) is 38.4 Å². The molecule has 1 aliphatic rings. The number of fused-ring (bicyclic) bond motifs is 2. The van der Waals surface area contributed by atoms with Gasteiger partial charge >= 0.3 is 0 Å². The summed E-state index contributed by atoms with van der Waals surface area (Å²) in [6.07, 6.45) is 1.37. The Labute approximate surface area is 226 Å². The van der Waals surface area contributed by atoms with Crippen LogP contribution in [0, 0.1) is 12.7 Å². The maximum Gasteiger partial charge on any atom is 0.251 e. The van der Waals surface area contributed by atoms with Gasteiger partial charge in [0.15, 0.2) is 5.82 Å². The predicted octanol–water partition coefficient (Wildman–Crippen LogP) is 4.94. The van der Waals surface area contributed by atoms with Crippen LogP contribution >= 0.6 is 23.2 Å². The number of ether oxygens (including phenoxy) is 2. The Morgan fingerprint density at radius 1 is 1.26 bits per heavy atom. The van der Waals surface area contributed by atoms with Crippen molar-refractivity contribution in [3.8, 4) is 22.8 Å². The number of methoxy groups -OCH3 is 1. The normalized spacial score (nSPS) is 12.4. The van der Waals surface area contributed by atoms with E-state index in [0.29, 0.717) is 47.3 Å². The smallest absolute Gasteiger partial charge is 0.251 e. The lowest BCUT2D eigenvalue weighted by molar-refractivity contribution is 0.0963. The highest BCUT2D eigenvalue weighted by Crippen LogP contribution is 2.47. The summed E-state index contributed by atoms with van der Waals surface area (Å²) < 4.78 is 26.7. The second kappa shape index (κ2) is 9.99. The maximum absolute atomic E-state index is 15.7. The average Bonchev–Trinajstić information content (AvgIpc) is 2.93. The first-order valence-corrected chi connectivity index (χ1v) is 12.2. The number of rotatable bonds is 5. The molecule has 0 fully saturated rings. The molecule has 0 saturated heterocycles. The highest BCUT2D eigenvalue weighted by molar-refractivity contribution is 6.40. The molecule has 0 saturated carbocycles. The number of hydrogen-bond acceptors (Lipinski definition) is 9. The zero-order valence-electron chi connectivity index (χ0n) is 20.5. The first kappa shape index (κ1) is 25.6. The fourth-order valence-electron chi connectivity index (χ4n) is 4.26. The van der Waals surface area contributed by atoms with Gasteiger partial charge in [-0.2, -0.15) is 4.98 Å². The van der Waals surface area contributed by atoms with Gasteiger partial charge in [0.25, 0.3) is 5.91 Å². The number of nitrogens with two attached hydrogens (primary N) is 1. The van der Waals surface area contributed by atoms with Crippen LogP contribution in [0.3, 0.4) is 0 Å². The Balaban J connectivity index is 1.63. The molecular formula is C25H22Cl2FN7O3. The highest BCUT2D eigenvalue weighted by atomic mass is 35.5. The molecule has 196 valence electrons. The van der Waals surface area contributed by atoms with E-state index in [9.17, 15) is 4.79 Å². The third-order valence-electron chi connectivity index (χ3n) is 6.16. The van der Waals surface area contributed by atoms with E-state index < -0.39 is 5.82 Å². The van der Waals surface area contributed by atoms with Crippen molar-refractivity contribution in [1.29, 1.82) is 0 Å². The predicted molar refractivity (Wildman–Crippen MR) is 146 cm³/mol. The lowest BCUT2D eigenvalue weighted by atomic mass is 9.98. The number of anilines is 4. The molecule has 10 nitrogen and oxygen atoms in total. The van der Waals surface area contributed by atoms with Crippen LogP contribution in [0.4, 0.5) is 27.4 Å². The average molecular weight is 558 g/mol. The molecule has 5 rings (SSSR count). The van der Waals surface area contributed by atoms with E-state index in [1.54, 1.807) is 25.1 Å². The molecule has 0 unspecified atom stereocenters. The second-order valence-electron chi connectivity index (χ2n) is 8.35. The zero-order valence-corrected chi connectivity index (χ0v) is 22.0. The summed E-state index contributed by atoms with van der Waals surface area (Å²) in [6, 6.07) is 4.85. The number of amides is 1. The van der Waals surface area contributed by atoms with Crippen molar-refractivity contribution < 1.29 is 18.7 Å². The van der Waals surface area contributed by atoms with Gasteiger partial charge in [-0.25, -0.2) is 14.4 Å². The molecule has 13 heteroatoms. The molecule has 2 aromatic carbocycles. The SMILES string of the molecule is CNC(=O)c1ccc(Nc2ncc3c(N)c(F)c(-c4c(Cl)nc5c(c4C)NCCO5)c(Cl)c3n2)c(OC)c1. The molecular weight excluding hydrogens is 536 g/mol. The Hall–Kier alpha value is -4.09. The first-order valence-electron chi connectivity index (χ1n) is 11.4. The second-order valence-corrected chi connectivity index (χ2v) is 9.09. The minimum atomic E-state index is -0.762. The largest absolute Gasteiger partial charge is 0.495 e. The highest BCUT2D eigenvalue weighted by Gasteiger charge is 2.27. The zero-order chi connectivity index (χ0) is 27.1. The summed E-state index contributed by atoms with van der Waals surface area (Å²) in [4.78, 5) is 25.0. The number of nitrogens with one attached hydrogen (secondary N) is 3. The van der Waals surface area contributed by atoms with Crippen molar-refractivity contribution >= 4 is 63.0 Å². The molecule has 1 amide bonds. The Morgan fingerprint density at radius 2 is 2.05 bits per heavy atom. The van der Waals surface area contributed by atoms with E-state index in [1.165, 1.54) is 20.4 Å². The summed E-state index contributed by atoms with van der Waals surface area (Å²) in [5, 5.41) is 9.04. The molecule has 5 N–H and O–H groups in total. The fourth-order valence-corrected chi connectivity index (χ4v) is 4.90. The van der Waals surface area contributed by atoms with Crippen LogP contribution in [0.5, 0.6) is 11.6 Å². The minimum Gasteiger partial charge on any atom is -0.495 e. The van der Waals surface area contributed by atoms with Gasteiger partial charge < -0.3 is 31.2 Å². The quantitative estimate of drug-likeness (QED) is 0.198. The number of pyridine rings is 1. The van der Waals surface area contributed by atoms with Crippen LogP contribution < -0.4 is 31.2 Å². The van der Waals surface area contributed by atoms with Gasteiger partial charge in [0.2, 0.25) is 11.8 Å². The summed E-state index contributed by atoms with van der Waals surface area (Å²) >= 11 is 13.3. The molecule has 2 aromatic heterocycles. The van der Waals surface area contributed by atoms with E-state index in [-0.39, 0.29) is 49.7 Å². The monoisotopic (exact) mass is 557 g/mol. The summed E-state index contributed by atoms with van der Waals surface area (Å²) in [5.74, 6) is -0.165. The van der Waals surface area contributed by atoms with Crippen molar-refractivity contribution in [2.75, 3.05) is 43.7 Å². The Morgan fingerprint density at radius 3 is 2.79 bits per heavy atom. The van der Waals surface area contributed by atoms with Crippen LogP contribution in [0.15, 0.2) is 24.4 Å². The van der Waals surface area contributed by atoms with E-state index in [0.717, 1.165) is 0 Å². The number of hydrogen-bond donors (Lipinski definition) is 4. The third kappa shape index (κ3) is 4.23. The van der Waals surface area contributed by atoms with Crippen LogP contribution in [-0.4, -0.2) is 48.2 Å². The van der Waals surface area contributed by atoms with Gasteiger partial charge in [-0.1, -0.05) is 23.2 Å². The summed E-state index contributed by atoms with van der Waals surface area (Å²) in [5.41, 5.74) is 8.55. The van der Waals surface area contributed by atoms with Crippen molar-refractivity contribution in [3.05, 3.63) is 51.5 Å². The molecule has 4 aromatic rings. The van der Waals surface area contributed by atoms with E-state index >= 15 is 4.39 Å². The lowest BCUT2D eigenvalue weighted by Gasteiger charge is -2.23. The standard InChI is InChI=1S/C25H22Cl2FN7O3/c1-10-15(22(27)35-24-20(10)31-6-7-38-24)16-17(26)21-12(19(29)18(16)28)9-32-25(34-21)33-13-5-4-11(23(36)30-2)8-14(13)37-3/h4-5,8-9,31H,6-7,29H2,1-3H3,(H,30,36)(H,32,33,34). The lowest BCUT2D eigenvalue weighted by Crippen LogP contribution is -2.20. The molecule has 0 aliphatic carbocycles. The van der Waals surface area contributed by atoms with Gasteiger partial charge in [0.05, 0.1) is 29.0 Å². The topological polar surface area (TPSA) is 136 Å². The van der Waals surface area contributed by atoms with Crippen LogP contribution in [-0.2, 0) is 0 Å². The number of halogens is 3. The van der Waals surface area contributed by atoms with Gasteiger partial charge in [0, 0.05) is 41.9 Å². The van der Waals surface area contributed by atoms with Crippen LogP contribution in [0.1, 0.15) is 15.9 Å². The molecule has 1 aliphatic heterocycles. The fraction of sp³-hybridized carbons (Fsp3) is 0.200. The van der Waals surface area contributed by atoms with Crippen LogP contribution in [0.2, 0.25) is 10.2 Å². The number of nitrogen functional groups attached to an aromatic ring is 1. The molecule has 3 heterocycles. The van der Waals surface area contributed by atoms with E-state index in [2.05, 4.69) is 30.9 Å². The third-order valence-corrected chi connectivity index (χ3v) is 6.80. The minimum absolute atomic E-state index is 0.0115. The number of carbonyl (C=O) groups is 1. The number of aromatic nitrogens is 3. The van der Waals surface area contributed by atoms with Crippen molar-refractivity contribution in [3.63, 3.8) is 0 Å². The van der Waals surface area contributed by atoms with Crippen molar-refractivity contribution in [2.24, 2.45) is 0 Å². The van der Waals surface area contributed by atoms with Gasteiger partial charge in [-0.05, 0) is 30.7 Å². The van der Waals surface area contributed by atoms with E-state index in [1.807, 2.05) is 0 Å². The van der Waals surface area contributed by atoms with Gasteiger partial charge in [-0.3, -0.25) is 4.79 Å². The molecule has 0 radical (unpaired) electrons. The number of benzene rings is 2. The Bertz CT molecular complexity index is 1620. The van der Waals surface area contributed by atoms with Crippen molar-refractivity contribution in [2.45, 2.75) is 6.92 Å². The van der Waals surface area contributed by atoms with Gasteiger partial charge in [0.1, 0.15) is 23.2 Å². The molecule has 0 atom stereocenters. The first-order chi connectivity index (χ1) is 18.2. The molecule has 0 spiro atoms. The van der Waals surface area contributed by atoms with Crippen molar-refractivity contribution in [1.82, 2.24) is 20.3 Å². The number of carbonyl (C=O) groups excluding carboxylic acids is 1. The Kier molecular flexibility index (Phi) is 6.72. The number of nitrogens with zero attached hydrogens (tertiary/aromatic N) is 3. The van der Waals surface area contributed by atoms with Crippen LogP contribution in [0.25, 0.3) is 22.0 Å².